The molecule has 0 spiro atoms. The van der Waals surface area contributed by atoms with Crippen LogP contribution >= 0.6 is 0 Å². The molecule has 0 heterocycles. The van der Waals surface area contributed by atoms with Crippen LogP contribution in [-0.4, -0.2) is 11.7 Å². The molecule has 0 saturated carbocycles. The summed E-state index contributed by atoms with van der Waals surface area (Å²) in [5.41, 5.74) is 0.569. The third-order valence-corrected chi connectivity index (χ3v) is 2.59. The minimum Gasteiger partial charge on any atom is -0.508 e. The van der Waals surface area contributed by atoms with Crippen LogP contribution in [0.5, 0.6) is 11.5 Å². The Balaban J connectivity index is 0.000000220. The average Bonchev–Trinajstić information content (AvgIpc) is 2.51. The molecule has 22 heavy (non-hydrogen) atoms. The molecule has 0 amide bonds. The van der Waals surface area contributed by atoms with Crippen LogP contribution in [0.25, 0.3) is 0 Å². The lowest BCUT2D eigenvalue weighted by Crippen LogP contribution is -1.91. The van der Waals surface area contributed by atoms with Gasteiger partial charge >= 0.3 is 0 Å². The quantitative estimate of drug-likeness (QED) is 0.815. The van der Waals surface area contributed by atoms with Crippen molar-refractivity contribution in [1.29, 1.82) is 0 Å². The molecule has 2 nitrogen and oxygen atoms in total. The minimum atomic E-state index is -0.334. The summed E-state index contributed by atoms with van der Waals surface area (Å²) in [5, 5.41) is 9.15. The van der Waals surface area contributed by atoms with Crippen LogP contribution < -0.4 is 4.74 Å². The molecule has 0 aliphatic carbocycles. The SMILES string of the molecule is C=CCOc1ccc(F)cc1.C=CCc1cc(F)ccc1O. The highest BCUT2D eigenvalue weighted by molar-refractivity contribution is 5.33. The topological polar surface area (TPSA) is 29.5 Å². The molecule has 4 heteroatoms. The fraction of sp³-hybridized carbons (Fsp3) is 0.111. The smallest absolute Gasteiger partial charge is 0.123 e. The standard InChI is InChI=1S/2C9H9FO/c1-2-7-11-9-5-3-8(10)4-6-9;1-2-3-7-6-8(10)4-5-9(7)11/h2-6H,1,7H2;2,4-6,11H,1,3H2. The second-order valence-corrected chi connectivity index (χ2v) is 4.32. The maximum absolute atomic E-state index is 12.5. The van der Waals surface area contributed by atoms with Gasteiger partial charge in [0.2, 0.25) is 0 Å². The van der Waals surface area contributed by atoms with E-state index < -0.39 is 0 Å². The lowest BCUT2D eigenvalue weighted by molar-refractivity contribution is 0.362. The van der Waals surface area contributed by atoms with Crippen LogP contribution in [-0.2, 0) is 6.42 Å². The van der Waals surface area contributed by atoms with Gasteiger partial charge in [-0.2, -0.15) is 0 Å². The summed E-state index contributed by atoms with van der Waals surface area (Å²) in [4.78, 5) is 0. The first-order chi connectivity index (χ1) is 10.6. The number of hydrogen-bond acceptors (Lipinski definition) is 2. The van der Waals surface area contributed by atoms with Crippen molar-refractivity contribution in [3.05, 3.63) is 85.0 Å². The van der Waals surface area contributed by atoms with Gasteiger partial charge in [-0.05, 0) is 48.9 Å². The van der Waals surface area contributed by atoms with Crippen molar-refractivity contribution in [2.75, 3.05) is 6.61 Å². The molecule has 0 aromatic heterocycles. The fourth-order valence-electron chi connectivity index (χ4n) is 1.56. The van der Waals surface area contributed by atoms with Gasteiger partial charge in [0, 0.05) is 5.56 Å². The number of phenols is 1. The third kappa shape index (κ3) is 6.22. The second-order valence-electron chi connectivity index (χ2n) is 4.32. The van der Waals surface area contributed by atoms with Crippen LogP contribution in [0.3, 0.4) is 0 Å². The van der Waals surface area contributed by atoms with Gasteiger partial charge < -0.3 is 9.84 Å². The van der Waals surface area contributed by atoms with Gasteiger partial charge in [0.05, 0.1) is 0 Å². The predicted molar refractivity (Wildman–Crippen MR) is 84.1 cm³/mol. The van der Waals surface area contributed by atoms with Gasteiger partial charge in [-0.3, -0.25) is 0 Å². The van der Waals surface area contributed by atoms with Crippen molar-refractivity contribution in [3.63, 3.8) is 0 Å². The summed E-state index contributed by atoms with van der Waals surface area (Å²) in [7, 11) is 0. The second kappa shape index (κ2) is 9.34. The number of benzene rings is 2. The highest BCUT2D eigenvalue weighted by atomic mass is 19.1. The van der Waals surface area contributed by atoms with Crippen molar-refractivity contribution in [1.82, 2.24) is 0 Å². The Hall–Kier alpha value is -2.62. The Morgan fingerprint density at radius 2 is 1.59 bits per heavy atom. The van der Waals surface area contributed by atoms with Crippen LogP contribution in [0.15, 0.2) is 67.8 Å². The molecule has 0 fully saturated rings. The number of allylic oxidation sites excluding steroid dienone is 1. The summed E-state index contributed by atoms with van der Waals surface area (Å²) in [6, 6.07) is 9.75. The van der Waals surface area contributed by atoms with E-state index in [4.69, 9.17) is 9.84 Å². The number of aromatic hydroxyl groups is 1. The summed E-state index contributed by atoms with van der Waals surface area (Å²) in [6.07, 6.45) is 3.75. The summed E-state index contributed by atoms with van der Waals surface area (Å²) in [5.74, 6) is 0.188. The van der Waals surface area contributed by atoms with Crippen LogP contribution in [0.2, 0.25) is 0 Å². The Kier molecular flexibility index (Phi) is 7.40. The molecule has 1 N–H and O–H groups in total. The highest BCUT2D eigenvalue weighted by Crippen LogP contribution is 2.18. The summed E-state index contributed by atoms with van der Waals surface area (Å²) in [6.45, 7) is 7.44. The highest BCUT2D eigenvalue weighted by Gasteiger charge is 1.99. The molecule has 2 aromatic rings. The summed E-state index contributed by atoms with van der Waals surface area (Å²) >= 11 is 0. The predicted octanol–water partition coefficient (Wildman–Crippen LogP) is 4.65. The van der Waals surface area contributed by atoms with Crippen molar-refractivity contribution >= 4 is 0 Å². The number of ether oxygens (including phenoxy) is 1. The number of hydrogen-bond donors (Lipinski definition) is 1. The number of phenolic OH excluding ortho intramolecular Hbond substituents is 1. The van der Waals surface area contributed by atoms with E-state index in [1.54, 1.807) is 24.3 Å². The zero-order valence-corrected chi connectivity index (χ0v) is 12.1. The Morgan fingerprint density at radius 1 is 0.955 bits per heavy atom. The lowest BCUT2D eigenvalue weighted by atomic mass is 10.1. The van der Waals surface area contributed by atoms with E-state index in [0.717, 1.165) is 0 Å². The van der Waals surface area contributed by atoms with Crippen molar-refractivity contribution < 1.29 is 18.6 Å². The van der Waals surface area contributed by atoms with E-state index >= 15 is 0 Å². The monoisotopic (exact) mass is 304 g/mol. The van der Waals surface area contributed by atoms with Crippen LogP contribution in [0, 0.1) is 11.6 Å². The molecule has 2 aromatic carbocycles. The van der Waals surface area contributed by atoms with Crippen molar-refractivity contribution in [2.24, 2.45) is 0 Å². The van der Waals surface area contributed by atoms with Crippen molar-refractivity contribution in [2.45, 2.75) is 6.42 Å². The average molecular weight is 304 g/mol. The molecule has 0 aliphatic heterocycles. The lowest BCUT2D eigenvalue weighted by Gasteiger charge is -2.00. The fourth-order valence-corrected chi connectivity index (χ4v) is 1.56. The molecule has 0 saturated heterocycles. The van der Waals surface area contributed by atoms with Crippen LogP contribution in [0.4, 0.5) is 8.78 Å². The first-order valence-electron chi connectivity index (χ1n) is 6.64. The Bertz CT molecular complexity index is 607. The first kappa shape index (κ1) is 17.4. The van der Waals surface area contributed by atoms with Crippen molar-refractivity contribution in [3.8, 4) is 11.5 Å². The molecule has 0 aliphatic rings. The molecule has 0 unspecified atom stereocenters. The molecule has 2 rings (SSSR count). The van der Waals surface area contributed by atoms with Gasteiger partial charge in [-0.15, -0.1) is 6.58 Å². The van der Waals surface area contributed by atoms with E-state index in [9.17, 15) is 8.78 Å². The first-order valence-corrected chi connectivity index (χ1v) is 6.64. The molecule has 0 bridgehead atoms. The largest absolute Gasteiger partial charge is 0.508 e. The zero-order chi connectivity index (χ0) is 16.4. The van der Waals surface area contributed by atoms with Gasteiger partial charge in [0.25, 0.3) is 0 Å². The molecular weight excluding hydrogens is 286 g/mol. The Morgan fingerprint density at radius 3 is 2.18 bits per heavy atom. The van der Waals surface area contributed by atoms with Gasteiger partial charge in [-0.25, -0.2) is 8.78 Å². The maximum atomic E-state index is 12.5. The molecule has 0 atom stereocenters. The maximum Gasteiger partial charge on any atom is 0.123 e. The van der Waals surface area contributed by atoms with Gasteiger partial charge in [-0.1, -0.05) is 18.7 Å². The van der Waals surface area contributed by atoms with E-state index in [0.29, 0.717) is 24.3 Å². The zero-order valence-electron chi connectivity index (χ0n) is 12.1. The third-order valence-electron chi connectivity index (χ3n) is 2.59. The van der Waals surface area contributed by atoms with Gasteiger partial charge in [0.1, 0.15) is 29.7 Å². The number of rotatable bonds is 5. The van der Waals surface area contributed by atoms with E-state index in [1.165, 1.54) is 30.3 Å². The molecular formula is C18H18F2O2. The Labute approximate surface area is 129 Å². The molecule has 116 valence electrons. The number of halogens is 2. The van der Waals surface area contributed by atoms with E-state index in [-0.39, 0.29) is 17.4 Å². The molecule has 0 radical (unpaired) electrons. The normalized spacial score (nSPS) is 9.36. The van der Waals surface area contributed by atoms with E-state index in [2.05, 4.69) is 13.2 Å². The summed E-state index contributed by atoms with van der Waals surface area (Å²) < 4.78 is 30.0. The van der Waals surface area contributed by atoms with Crippen LogP contribution in [0.1, 0.15) is 5.56 Å². The minimum absolute atomic E-state index is 0.117. The van der Waals surface area contributed by atoms with Gasteiger partial charge in [0.15, 0.2) is 0 Å². The van der Waals surface area contributed by atoms with E-state index in [1.807, 2.05) is 0 Å².